The van der Waals surface area contributed by atoms with Crippen molar-refractivity contribution in [2.75, 3.05) is 13.1 Å². The lowest BCUT2D eigenvalue weighted by Crippen LogP contribution is -2.45. The zero-order chi connectivity index (χ0) is 28.5. The highest BCUT2D eigenvalue weighted by Gasteiger charge is 2.40. The number of rotatable bonds is 11. The van der Waals surface area contributed by atoms with Gasteiger partial charge in [0, 0.05) is 61.0 Å². The number of ether oxygens (including phenoxy) is 2. The first-order valence-electron chi connectivity index (χ1n) is 11.8. The molecule has 0 bridgehead atoms. The van der Waals surface area contributed by atoms with E-state index in [0.717, 1.165) is 0 Å². The number of nitrogens with zero attached hydrogens (tertiary/aromatic N) is 3. The summed E-state index contributed by atoms with van der Waals surface area (Å²) in [4.78, 5) is 58.9. The molecule has 1 saturated heterocycles. The van der Waals surface area contributed by atoms with E-state index in [0.29, 0.717) is 17.5 Å². The van der Waals surface area contributed by atoms with E-state index in [-0.39, 0.29) is 49.3 Å². The summed E-state index contributed by atoms with van der Waals surface area (Å²) in [6, 6.07) is 10.6. The molecule has 0 radical (unpaired) electrons. The maximum atomic E-state index is 12.9. The molecule has 1 heterocycles. The molecule has 3 N–H and O–H groups in total. The van der Waals surface area contributed by atoms with Crippen molar-refractivity contribution in [3.63, 3.8) is 0 Å². The molecule has 2 aromatic rings. The first-order valence-corrected chi connectivity index (χ1v) is 12.3. The SMILES string of the molecule is NC(=O)CC(CNC(=O)OCc1ccc([N+](=O)[O-])cc1)[C@@H]1C[C@H](S)CN1C(=O)OCc1ccc([N+](=O)[O-])cc1. The number of nitro groups is 2. The number of hydrogen-bond acceptors (Lipinski definition) is 10. The average molecular weight is 562 g/mol. The molecule has 39 heavy (non-hydrogen) atoms. The van der Waals surface area contributed by atoms with Crippen LogP contribution in [0, 0.1) is 26.1 Å². The number of thiol groups is 1. The molecule has 0 aliphatic carbocycles. The minimum atomic E-state index is -0.782. The lowest BCUT2D eigenvalue weighted by molar-refractivity contribution is -0.385. The third kappa shape index (κ3) is 8.56. The fourth-order valence-corrected chi connectivity index (χ4v) is 4.56. The monoisotopic (exact) mass is 561 g/mol. The Balaban J connectivity index is 1.57. The Morgan fingerprint density at radius 2 is 1.49 bits per heavy atom. The second-order valence-electron chi connectivity index (χ2n) is 8.90. The molecule has 2 aromatic carbocycles. The van der Waals surface area contributed by atoms with Gasteiger partial charge in [0.15, 0.2) is 0 Å². The van der Waals surface area contributed by atoms with Gasteiger partial charge in [0.05, 0.1) is 9.85 Å². The second kappa shape index (κ2) is 13.4. The summed E-state index contributed by atoms with van der Waals surface area (Å²) < 4.78 is 10.5. The van der Waals surface area contributed by atoms with Gasteiger partial charge in [-0.15, -0.1) is 0 Å². The molecule has 0 spiro atoms. The van der Waals surface area contributed by atoms with Gasteiger partial charge in [0.2, 0.25) is 5.91 Å². The lowest BCUT2D eigenvalue weighted by Gasteiger charge is -2.30. The first kappa shape index (κ1) is 29.2. The highest BCUT2D eigenvalue weighted by Crippen LogP contribution is 2.30. The number of alkyl carbamates (subject to hydrolysis) is 1. The van der Waals surface area contributed by atoms with E-state index in [1.165, 1.54) is 53.4 Å². The van der Waals surface area contributed by atoms with Gasteiger partial charge in [-0.05, 0) is 41.8 Å². The van der Waals surface area contributed by atoms with Crippen LogP contribution in [0.25, 0.3) is 0 Å². The number of non-ortho nitro benzene ring substituents is 2. The summed E-state index contributed by atoms with van der Waals surface area (Å²) >= 11 is 4.48. The van der Waals surface area contributed by atoms with Crippen molar-refractivity contribution < 1.29 is 33.7 Å². The Labute approximate surface area is 228 Å². The van der Waals surface area contributed by atoms with Crippen molar-refractivity contribution >= 4 is 42.1 Å². The van der Waals surface area contributed by atoms with E-state index >= 15 is 0 Å². The zero-order valence-corrected chi connectivity index (χ0v) is 21.5. The summed E-state index contributed by atoms with van der Waals surface area (Å²) in [5.74, 6) is -1.18. The third-order valence-corrected chi connectivity index (χ3v) is 6.47. The van der Waals surface area contributed by atoms with E-state index in [1.54, 1.807) is 0 Å². The fourth-order valence-electron chi connectivity index (χ4n) is 4.17. The van der Waals surface area contributed by atoms with Crippen LogP contribution in [-0.4, -0.2) is 57.2 Å². The maximum Gasteiger partial charge on any atom is 0.410 e. The van der Waals surface area contributed by atoms with Crippen molar-refractivity contribution in [3.8, 4) is 0 Å². The molecule has 15 heteroatoms. The van der Waals surface area contributed by atoms with Crippen molar-refractivity contribution in [2.24, 2.45) is 11.7 Å². The van der Waals surface area contributed by atoms with Crippen LogP contribution in [0.5, 0.6) is 0 Å². The number of likely N-dealkylation sites (tertiary alicyclic amines) is 1. The number of nitrogens with two attached hydrogens (primary N) is 1. The smallest absolute Gasteiger partial charge is 0.410 e. The molecule has 1 fully saturated rings. The van der Waals surface area contributed by atoms with Crippen LogP contribution in [0.4, 0.5) is 21.0 Å². The quantitative estimate of drug-likeness (QED) is 0.210. The lowest BCUT2D eigenvalue weighted by atomic mass is 9.93. The molecular weight excluding hydrogens is 534 g/mol. The van der Waals surface area contributed by atoms with Crippen LogP contribution in [0.15, 0.2) is 48.5 Å². The van der Waals surface area contributed by atoms with Crippen LogP contribution in [-0.2, 0) is 27.5 Å². The Bertz CT molecular complexity index is 1210. The topological polar surface area (TPSA) is 197 Å². The Hall–Kier alpha value is -4.40. The molecule has 208 valence electrons. The number of primary amides is 1. The Morgan fingerprint density at radius 3 is 1.97 bits per heavy atom. The summed E-state index contributed by atoms with van der Waals surface area (Å²) in [6.07, 6.45) is -1.15. The van der Waals surface area contributed by atoms with Crippen molar-refractivity contribution in [1.82, 2.24) is 10.2 Å². The van der Waals surface area contributed by atoms with Gasteiger partial charge in [-0.25, -0.2) is 9.59 Å². The molecule has 3 rings (SSSR count). The number of nitrogens with one attached hydrogen (secondary N) is 1. The van der Waals surface area contributed by atoms with Crippen LogP contribution in [0.3, 0.4) is 0 Å². The average Bonchev–Trinajstić information content (AvgIpc) is 3.30. The van der Waals surface area contributed by atoms with E-state index in [1.807, 2.05) is 0 Å². The number of carbonyl (C=O) groups is 3. The van der Waals surface area contributed by atoms with Crippen molar-refractivity contribution in [3.05, 3.63) is 79.9 Å². The molecule has 1 aliphatic heterocycles. The highest BCUT2D eigenvalue weighted by molar-refractivity contribution is 7.81. The summed E-state index contributed by atoms with van der Waals surface area (Å²) in [5.41, 5.74) is 6.35. The Kier molecular flexibility index (Phi) is 10.0. The van der Waals surface area contributed by atoms with E-state index in [4.69, 9.17) is 15.2 Å². The van der Waals surface area contributed by atoms with Gasteiger partial charge < -0.3 is 25.4 Å². The molecule has 1 unspecified atom stereocenters. The van der Waals surface area contributed by atoms with Gasteiger partial charge in [0.25, 0.3) is 11.4 Å². The molecule has 14 nitrogen and oxygen atoms in total. The molecule has 1 aliphatic rings. The van der Waals surface area contributed by atoms with Gasteiger partial charge in [-0.2, -0.15) is 12.6 Å². The van der Waals surface area contributed by atoms with Gasteiger partial charge in [-0.3, -0.25) is 25.0 Å². The summed E-state index contributed by atoms with van der Waals surface area (Å²) in [6.45, 7) is -0.0371. The Morgan fingerprint density at radius 1 is 0.974 bits per heavy atom. The minimum Gasteiger partial charge on any atom is -0.445 e. The number of hydrogen-bond donors (Lipinski definition) is 3. The van der Waals surface area contributed by atoms with Crippen molar-refractivity contribution in [2.45, 2.75) is 37.3 Å². The van der Waals surface area contributed by atoms with Crippen LogP contribution >= 0.6 is 12.6 Å². The molecular formula is C24H27N5O9S. The highest BCUT2D eigenvalue weighted by atomic mass is 32.1. The van der Waals surface area contributed by atoms with E-state index in [2.05, 4.69) is 17.9 Å². The number of nitro benzene ring substituents is 2. The standard InChI is InChI=1S/C24H27N5O9S/c25-22(30)9-17(11-26-23(31)37-13-15-1-5-18(6-2-15)28(33)34)21-10-20(39)12-27(21)24(32)38-14-16-3-7-19(8-4-16)29(35)36/h1-8,17,20-21,39H,9-14H2,(H2,25,30)(H,26,31)/t17?,20-,21-/m0/s1. The van der Waals surface area contributed by atoms with Gasteiger partial charge in [-0.1, -0.05) is 0 Å². The van der Waals surface area contributed by atoms with Gasteiger partial charge in [0.1, 0.15) is 13.2 Å². The second-order valence-corrected chi connectivity index (χ2v) is 9.63. The molecule has 3 atom stereocenters. The number of amides is 3. The van der Waals surface area contributed by atoms with Crippen LogP contribution in [0.1, 0.15) is 24.0 Å². The number of carbonyl (C=O) groups excluding carboxylic acids is 3. The minimum absolute atomic E-state index is 0.0284. The maximum absolute atomic E-state index is 12.9. The largest absolute Gasteiger partial charge is 0.445 e. The predicted octanol–water partition coefficient (Wildman–Crippen LogP) is 2.93. The summed E-state index contributed by atoms with van der Waals surface area (Å²) in [7, 11) is 0. The molecule has 3 amide bonds. The van der Waals surface area contributed by atoms with E-state index < -0.39 is 39.9 Å². The normalized spacial score (nSPS) is 17.2. The van der Waals surface area contributed by atoms with Crippen LogP contribution < -0.4 is 11.1 Å². The van der Waals surface area contributed by atoms with E-state index in [9.17, 15) is 34.6 Å². The van der Waals surface area contributed by atoms with Crippen LogP contribution in [0.2, 0.25) is 0 Å². The summed E-state index contributed by atoms with van der Waals surface area (Å²) in [5, 5.41) is 23.9. The van der Waals surface area contributed by atoms with Gasteiger partial charge >= 0.3 is 12.2 Å². The fraction of sp³-hybridized carbons (Fsp3) is 0.375. The number of benzene rings is 2. The molecule has 0 saturated carbocycles. The zero-order valence-electron chi connectivity index (χ0n) is 20.6. The molecule has 0 aromatic heterocycles. The predicted molar refractivity (Wildman–Crippen MR) is 140 cm³/mol. The van der Waals surface area contributed by atoms with Crippen molar-refractivity contribution in [1.29, 1.82) is 0 Å². The first-order chi connectivity index (χ1) is 18.5. The third-order valence-electron chi connectivity index (χ3n) is 6.10.